The molecule has 0 heterocycles. The van der Waals surface area contributed by atoms with Crippen molar-refractivity contribution in [2.75, 3.05) is 6.61 Å². The fraction of sp³-hybridized carbons (Fsp3) is 0.533. The summed E-state index contributed by atoms with van der Waals surface area (Å²) in [6.45, 7) is 1.72. The fourth-order valence-corrected chi connectivity index (χ4v) is 2.54. The van der Waals surface area contributed by atoms with Gasteiger partial charge in [-0.25, -0.2) is 4.39 Å². The van der Waals surface area contributed by atoms with Crippen molar-refractivity contribution in [1.82, 2.24) is 5.32 Å². The highest BCUT2D eigenvalue weighted by Crippen LogP contribution is 2.25. The van der Waals surface area contributed by atoms with Crippen LogP contribution >= 0.6 is 0 Å². The molecule has 1 aromatic rings. The van der Waals surface area contributed by atoms with E-state index < -0.39 is 11.9 Å². The Hall–Kier alpha value is -1.62. The molecule has 0 bridgehead atoms. The van der Waals surface area contributed by atoms with Gasteiger partial charge in [-0.1, -0.05) is 12.5 Å². The molecule has 0 saturated heterocycles. The first-order chi connectivity index (χ1) is 9.60. The van der Waals surface area contributed by atoms with Crippen LogP contribution in [0.1, 0.15) is 26.2 Å². The van der Waals surface area contributed by atoms with Gasteiger partial charge in [0.15, 0.2) is 6.10 Å². The maximum Gasteiger partial charge on any atom is 0.261 e. The van der Waals surface area contributed by atoms with Crippen LogP contribution in [0.4, 0.5) is 4.39 Å². The number of benzene rings is 1. The van der Waals surface area contributed by atoms with Gasteiger partial charge in [-0.2, -0.15) is 0 Å². The van der Waals surface area contributed by atoms with E-state index in [1.54, 1.807) is 13.0 Å². The second kappa shape index (κ2) is 6.70. The lowest BCUT2D eigenvalue weighted by Gasteiger charge is -2.22. The van der Waals surface area contributed by atoms with Crippen LogP contribution < -0.4 is 10.1 Å². The topological polar surface area (TPSA) is 58.6 Å². The Bertz CT molecular complexity index is 466. The lowest BCUT2D eigenvalue weighted by Crippen LogP contribution is -2.44. The van der Waals surface area contributed by atoms with E-state index in [2.05, 4.69) is 5.32 Å². The number of carbonyl (C=O) groups is 1. The number of carbonyl (C=O) groups excluding carboxylic acids is 1. The summed E-state index contributed by atoms with van der Waals surface area (Å²) in [5.74, 6) is -0.177. The van der Waals surface area contributed by atoms with Crippen molar-refractivity contribution in [3.8, 4) is 5.75 Å². The third-order valence-corrected chi connectivity index (χ3v) is 3.70. The third kappa shape index (κ3) is 3.70. The van der Waals surface area contributed by atoms with Gasteiger partial charge in [-0.15, -0.1) is 0 Å². The van der Waals surface area contributed by atoms with Crippen LogP contribution in [0.5, 0.6) is 5.75 Å². The van der Waals surface area contributed by atoms with Crippen LogP contribution in [0, 0.1) is 11.7 Å². The molecule has 0 spiro atoms. The van der Waals surface area contributed by atoms with Crippen LogP contribution in [0.3, 0.4) is 0 Å². The Morgan fingerprint density at radius 1 is 1.55 bits per heavy atom. The number of rotatable bonds is 5. The van der Waals surface area contributed by atoms with Crippen LogP contribution in [0.2, 0.25) is 0 Å². The molecular weight excluding hydrogens is 261 g/mol. The van der Waals surface area contributed by atoms with Gasteiger partial charge in [0.2, 0.25) is 0 Å². The molecule has 3 unspecified atom stereocenters. The van der Waals surface area contributed by atoms with Gasteiger partial charge in [0.05, 0.1) is 0 Å². The number of amides is 1. The maximum atomic E-state index is 13.0. The predicted octanol–water partition coefficient (Wildman–Crippen LogP) is 1.87. The fourth-order valence-electron chi connectivity index (χ4n) is 2.54. The molecular formula is C15H20FNO3. The lowest BCUT2D eigenvalue weighted by molar-refractivity contribution is -0.128. The van der Waals surface area contributed by atoms with Crippen molar-refractivity contribution >= 4 is 5.91 Å². The molecule has 5 heteroatoms. The molecule has 0 aromatic heterocycles. The number of aliphatic hydroxyl groups is 1. The molecule has 1 aliphatic carbocycles. The first-order valence-electron chi connectivity index (χ1n) is 6.93. The summed E-state index contributed by atoms with van der Waals surface area (Å²) < 4.78 is 18.5. The van der Waals surface area contributed by atoms with Crippen LogP contribution in [0.25, 0.3) is 0 Å². The van der Waals surface area contributed by atoms with Gasteiger partial charge in [0.1, 0.15) is 11.6 Å². The molecule has 0 radical (unpaired) electrons. The van der Waals surface area contributed by atoms with Crippen LogP contribution in [-0.4, -0.2) is 29.8 Å². The minimum atomic E-state index is -0.697. The number of hydrogen-bond acceptors (Lipinski definition) is 3. The summed E-state index contributed by atoms with van der Waals surface area (Å²) >= 11 is 0. The first kappa shape index (κ1) is 14.8. The minimum absolute atomic E-state index is 0.00561. The standard InChI is InChI=1S/C15H20FNO3/c1-10(20-13-6-3-5-12(16)8-13)15(19)17-14-7-2-4-11(14)9-18/h3,5-6,8,10-11,14,18H,2,4,7,9H2,1H3,(H,17,19). The Morgan fingerprint density at radius 3 is 3.05 bits per heavy atom. The van der Waals surface area contributed by atoms with Crippen molar-refractivity contribution in [2.45, 2.75) is 38.3 Å². The molecule has 2 N–H and O–H groups in total. The third-order valence-electron chi connectivity index (χ3n) is 3.70. The van der Waals surface area contributed by atoms with Crippen LogP contribution in [-0.2, 0) is 4.79 Å². The highest BCUT2D eigenvalue weighted by molar-refractivity contribution is 5.81. The summed E-state index contributed by atoms with van der Waals surface area (Å²) in [6, 6.07) is 5.72. The largest absolute Gasteiger partial charge is 0.481 e. The summed E-state index contributed by atoms with van der Waals surface area (Å²) in [5.41, 5.74) is 0. The average Bonchev–Trinajstić information content (AvgIpc) is 2.85. The van der Waals surface area contributed by atoms with Crippen molar-refractivity contribution < 1.29 is 19.0 Å². The number of halogens is 1. The summed E-state index contributed by atoms with van der Waals surface area (Å²) in [4.78, 5) is 12.0. The molecule has 2 rings (SSSR count). The SMILES string of the molecule is CC(Oc1cccc(F)c1)C(=O)NC1CCCC1CO. The highest BCUT2D eigenvalue weighted by Gasteiger charge is 2.29. The Morgan fingerprint density at radius 2 is 2.35 bits per heavy atom. The zero-order chi connectivity index (χ0) is 14.5. The molecule has 20 heavy (non-hydrogen) atoms. The highest BCUT2D eigenvalue weighted by atomic mass is 19.1. The Labute approximate surface area is 117 Å². The van der Waals surface area contributed by atoms with Gasteiger partial charge in [-0.05, 0) is 31.9 Å². The van der Waals surface area contributed by atoms with Gasteiger partial charge in [0.25, 0.3) is 5.91 Å². The summed E-state index contributed by atoms with van der Waals surface area (Å²) in [5, 5.41) is 12.1. The maximum absolute atomic E-state index is 13.0. The first-order valence-corrected chi connectivity index (χ1v) is 6.93. The van der Waals surface area contributed by atoms with E-state index in [0.29, 0.717) is 5.75 Å². The number of ether oxygens (including phenoxy) is 1. The molecule has 1 saturated carbocycles. The lowest BCUT2D eigenvalue weighted by atomic mass is 10.0. The monoisotopic (exact) mass is 281 g/mol. The minimum Gasteiger partial charge on any atom is -0.481 e. The Kier molecular flexibility index (Phi) is 4.95. The van der Waals surface area contributed by atoms with E-state index in [1.165, 1.54) is 18.2 Å². The zero-order valence-electron chi connectivity index (χ0n) is 11.5. The molecule has 1 aliphatic rings. The predicted molar refractivity (Wildman–Crippen MR) is 72.8 cm³/mol. The van der Waals surface area contributed by atoms with E-state index in [4.69, 9.17) is 4.74 Å². The van der Waals surface area contributed by atoms with Gasteiger partial charge < -0.3 is 15.2 Å². The van der Waals surface area contributed by atoms with Crippen molar-refractivity contribution in [3.63, 3.8) is 0 Å². The van der Waals surface area contributed by atoms with E-state index in [-0.39, 0.29) is 24.5 Å². The molecule has 1 aromatic carbocycles. The molecule has 0 aliphatic heterocycles. The van der Waals surface area contributed by atoms with E-state index in [0.717, 1.165) is 19.3 Å². The zero-order valence-corrected chi connectivity index (χ0v) is 11.5. The average molecular weight is 281 g/mol. The van der Waals surface area contributed by atoms with Crippen LogP contribution in [0.15, 0.2) is 24.3 Å². The molecule has 1 amide bonds. The molecule has 110 valence electrons. The second-order valence-corrected chi connectivity index (χ2v) is 5.21. The second-order valence-electron chi connectivity index (χ2n) is 5.21. The molecule has 1 fully saturated rings. The number of nitrogens with one attached hydrogen (secondary N) is 1. The summed E-state index contributed by atoms with van der Waals surface area (Å²) in [7, 11) is 0. The van der Waals surface area contributed by atoms with E-state index in [9.17, 15) is 14.3 Å². The van der Waals surface area contributed by atoms with E-state index >= 15 is 0 Å². The Balaban J connectivity index is 1.89. The molecule has 3 atom stereocenters. The van der Waals surface area contributed by atoms with Crippen molar-refractivity contribution in [2.24, 2.45) is 5.92 Å². The quantitative estimate of drug-likeness (QED) is 0.866. The summed E-state index contributed by atoms with van der Waals surface area (Å²) in [6.07, 6.45) is 2.12. The van der Waals surface area contributed by atoms with Gasteiger partial charge >= 0.3 is 0 Å². The smallest absolute Gasteiger partial charge is 0.261 e. The normalized spacial score (nSPS) is 23.4. The van der Waals surface area contributed by atoms with E-state index in [1.807, 2.05) is 0 Å². The van der Waals surface area contributed by atoms with Crippen molar-refractivity contribution in [1.29, 1.82) is 0 Å². The number of hydrogen-bond donors (Lipinski definition) is 2. The van der Waals surface area contributed by atoms with Gasteiger partial charge in [0, 0.05) is 24.6 Å². The molecule has 4 nitrogen and oxygen atoms in total. The number of aliphatic hydroxyl groups excluding tert-OH is 1. The van der Waals surface area contributed by atoms with Crippen molar-refractivity contribution in [3.05, 3.63) is 30.1 Å². The van der Waals surface area contributed by atoms with Gasteiger partial charge in [-0.3, -0.25) is 4.79 Å².